The highest BCUT2D eigenvalue weighted by atomic mass is 32.2. The molecule has 4 atom stereocenters. The van der Waals surface area contributed by atoms with E-state index in [0.717, 1.165) is 12.2 Å². The summed E-state index contributed by atoms with van der Waals surface area (Å²) in [5.41, 5.74) is 7.07. The third kappa shape index (κ3) is 2.86. The van der Waals surface area contributed by atoms with Crippen molar-refractivity contribution in [2.45, 2.75) is 68.9 Å². The molecule has 1 aliphatic heterocycles. The van der Waals surface area contributed by atoms with E-state index in [1.54, 1.807) is 16.4 Å². The molecule has 10 heteroatoms. The lowest BCUT2D eigenvalue weighted by Crippen LogP contribution is -2.29. The lowest BCUT2D eigenvalue weighted by atomic mass is 10.2. The average molecular weight is 366 g/mol. The fourth-order valence-corrected chi connectivity index (χ4v) is 4.18. The van der Waals surface area contributed by atoms with E-state index >= 15 is 0 Å². The smallest absolute Gasteiger partial charge is 0.191 e. The number of rotatable bonds is 4. The Balaban J connectivity index is 1.73. The van der Waals surface area contributed by atoms with Gasteiger partial charge in [-0.1, -0.05) is 23.9 Å². The maximum Gasteiger partial charge on any atom is 0.191 e. The second-order valence-corrected chi connectivity index (χ2v) is 7.94. The Morgan fingerprint density at radius 1 is 1.32 bits per heavy atom. The molecule has 2 aromatic rings. The third-order valence-corrected chi connectivity index (χ3v) is 5.54. The van der Waals surface area contributed by atoms with Crippen molar-refractivity contribution < 1.29 is 14.6 Å². The molecule has 2 aliphatic rings. The molecule has 3 heterocycles. The molecule has 0 aromatic carbocycles. The molecule has 2 aromatic heterocycles. The van der Waals surface area contributed by atoms with Crippen molar-refractivity contribution in [2.75, 3.05) is 11.5 Å². The summed E-state index contributed by atoms with van der Waals surface area (Å²) in [5, 5.41) is 19.3. The topological polar surface area (TPSA) is 121 Å². The third-order valence-electron chi connectivity index (χ3n) is 4.48. The van der Waals surface area contributed by atoms with E-state index in [9.17, 15) is 5.11 Å². The minimum absolute atomic E-state index is 0.217. The Kier molecular flexibility index (Phi) is 4.10. The summed E-state index contributed by atoms with van der Waals surface area (Å²) in [6, 6.07) is -0.217. The van der Waals surface area contributed by atoms with E-state index in [1.165, 1.54) is 0 Å². The summed E-state index contributed by atoms with van der Waals surface area (Å²) < 4.78 is 13.5. The molecule has 3 N–H and O–H groups in total. The fourth-order valence-electron chi connectivity index (χ4n) is 3.48. The molecule has 1 saturated carbocycles. The number of anilines is 1. The number of fused-ring (bicyclic) bond motifs is 2. The van der Waals surface area contributed by atoms with Crippen LogP contribution in [0.25, 0.3) is 11.2 Å². The zero-order chi connectivity index (χ0) is 17.8. The predicted octanol–water partition coefficient (Wildman–Crippen LogP) is 1.13. The van der Waals surface area contributed by atoms with Gasteiger partial charge in [-0.05, 0) is 20.3 Å². The highest BCUT2D eigenvalue weighted by molar-refractivity contribution is 7.99. The number of aliphatic hydroxyl groups is 1. The zero-order valence-corrected chi connectivity index (χ0v) is 15.2. The molecule has 1 saturated heterocycles. The van der Waals surface area contributed by atoms with E-state index in [0.29, 0.717) is 28.6 Å². The van der Waals surface area contributed by atoms with E-state index < -0.39 is 11.9 Å². The van der Waals surface area contributed by atoms with Crippen LogP contribution < -0.4 is 5.73 Å². The summed E-state index contributed by atoms with van der Waals surface area (Å²) in [6.45, 7) is 5.78. The minimum atomic E-state index is -0.735. The fraction of sp³-hybridized carbons (Fsp3) is 0.733. The van der Waals surface area contributed by atoms with Gasteiger partial charge in [-0.15, -0.1) is 5.10 Å². The Hall–Kier alpha value is -1.49. The lowest BCUT2D eigenvalue weighted by molar-refractivity contribution is -0.165. The molecule has 1 aliphatic carbocycles. The Bertz CT molecular complexity index is 797. The number of aromatic nitrogens is 5. The van der Waals surface area contributed by atoms with Crippen molar-refractivity contribution in [3.63, 3.8) is 0 Å². The van der Waals surface area contributed by atoms with Gasteiger partial charge in [-0.25, -0.2) is 14.6 Å². The van der Waals surface area contributed by atoms with Crippen LogP contribution >= 0.6 is 11.8 Å². The van der Waals surface area contributed by atoms with Crippen molar-refractivity contribution >= 4 is 28.7 Å². The quantitative estimate of drug-likeness (QED) is 0.605. The number of aliphatic hydroxyl groups excluding tert-OH is 1. The van der Waals surface area contributed by atoms with Crippen molar-refractivity contribution in [3.8, 4) is 0 Å². The van der Waals surface area contributed by atoms with Gasteiger partial charge in [0.15, 0.2) is 27.9 Å². The molecule has 0 amide bonds. The predicted molar refractivity (Wildman–Crippen MR) is 92.0 cm³/mol. The van der Waals surface area contributed by atoms with Crippen LogP contribution in [-0.2, 0) is 9.47 Å². The standard InChI is InChI=1S/C15H22N6O3S/c1-4-5-25-14-17-12(16)9-13(18-14)21(20-19-9)7-6-8(22)11-10(7)23-15(2,3)24-11/h7-8,10-11,22H,4-6H2,1-3H3,(H2,16,17,18)/t7-,8+,10?,11-/m1/s1. The van der Waals surface area contributed by atoms with Gasteiger partial charge >= 0.3 is 0 Å². The molecule has 0 spiro atoms. The number of nitrogens with zero attached hydrogens (tertiary/aromatic N) is 5. The molecular formula is C15H22N6O3S. The molecular weight excluding hydrogens is 344 g/mol. The monoisotopic (exact) mass is 366 g/mol. The van der Waals surface area contributed by atoms with Gasteiger partial charge in [0.05, 0.1) is 12.1 Å². The van der Waals surface area contributed by atoms with Crippen LogP contribution in [0.2, 0.25) is 0 Å². The van der Waals surface area contributed by atoms with E-state index in [2.05, 4.69) is 27.2 Å². The van der Waals surface area contributed by atoms with Crippen molar-refractivity contribution in [2.24, 2.45) is 0 Å². The van der Waals surface area contributed by atoms with Gasteiger partial charge in [0.25, 0.3) is 0 Å². The normalized spacial score (nSPS) is 30.9. The lowest BCUT2D eigenvalue weighted by Gasteiger charge is -2.22. The largest absolute Gasteiger partial charge is 0.390 e. The molecule has 2 fully saturated rings. The maximum atomic E-state index is 10.4. The first-order valence-electron chi connectivity index (χ1n) is 8.44. The number of hydrogen-bond donors (Lipinski definition) is 2. The van der Waals surface area contributed by atoms with Crippen LogP contribution in [0.5, 0.6) is 0 Å². The minimum Gasteiger partial charge on any atom is -0.390 e. The first kappa shape index (κ1) is 17.0. The summed E-state index contributed by atoms with van der Waals surface area (Å²) in [4.78, 5) is 8.88. The Morgan fingerprint density at radius 2 is 2.08 bits per heavy atom. The van der Waals surface area contributed by atoms with Gasteiger partial charge in [-0.3, -0.25) is 0 Å². The molecule has 136 valence electrons. The number of thioether (sulfide) groups is 1. The van der Waals surface area contributed by atoms with Crippen LogP contribution in [-0.4, -0.2) is 59.9 Å². The number of ether oxygens (including phenoxy) is 2. The zero-order valence-electron chi connectivity index (χ0n) is 14.4. The average Bonchev–Trinajstić information content (AvgIpc) is 3.18. The van der Waals surface area contributed by atoms with Crippen LogP contribution in [0.3, 0.4) is 0 Å². The summed E-state index contributed by atoms with van der Waals surface area (Å²) in [5.74, 6) is 0.486. The van der Waals surface area contributed by atoms with Crippen molar-refractivity contribution in [1.29, 1.82) is 0 Å². The number of nitrogens with two attached hydrogens (primary N) is 1. The first-order chi connectivity index (χ1) is 11.9. The van der Waals surface area contributed by atoms with Crippen LogP contribution in [0.4, 0.5) is 5.82 Å². The molecule has 0 bridgehead atoms. The molecule has 25 heavy (non-hydrogen) atoms. The highest BCUT2D eigenvalue weighted by Crippen LogP contribution is 2.44. The first-order valence-corrected chi connectivity index (χ1v) is 9.43. The van der Waals surface area contributed by atoms with Crippen molar-refractivity contribution in [1.82, 2.24) is 25.0 Å². The highest BCUT2D eigenvalue weighted by Gasteiger charge is 2.55. The SMILES string of the molecule is CCCSc1nc(N)c2nnn([C@@H]3C[C@H](O)[C@H]4OC(C)(C)OC34)c2n1. The summed E-state index contributed by atoms with van der Waals surface area (Å²) >= 11 is 1.55. The maximum absolute atomic E-state index is 10.4. The van der Waals surface area contributed by atoms with E-state index in [4.69, 9.17) is 15.2 Å². The molecule has 0 radical (unpaired) electrons. The number of hydrogen-bond acceptors (Lipinski definition) is 9. The van der Waals surface area contributed by atoms with Crippen molar-refractivity contribution in [3.05, 3.63) is 0 Å². The Morgan fingerprint density at radius 3 is 2.84 bits per heavy atom. The van der Waals surface area contributed by atoms with Gasteiger partial charge in [-0.2, -0.15) is 0 Å². The second-order valence-electron chi connectivity index (χ2n) is 6.88. The van der Waals surface area contributed by atoms with Gasteiger partial charge < -0.3 is 20.3 Å². The van der Waals surface area contributed by atoms with Gasteiger partial charge in [0.2, 0.25) is 0 Å². The summed E-state index contributed by atoms with van der Waals surface area (Å²) in [7, 11) is 0. The second kappa shape index (κ2) is 6.04. The molecule has 1 unspecified atom stereocenters. The Labute approximate surface area is 149 Å². The number of nitrogen functional groups attached to an aromatic ring is 1. The van der Waals surface area contributed by atoms with Crippen LogP contribution in [0.1, 0.15) is 39.7 Å². The van der Waals surface area contributed by atoms with Gasteiger partial charge in [0.1, 0.15) is 12.2 Å². The van der Waals surface area contributed by atoms with Gasteiger partial charge in [0, 0.05) is 12.2 Å². The van der Waals surface area contributed by atoms with E-state index in [1.807, 2.05) is 13.8 Å². The van der Waals surface area contributed by atoms with Crippen LogP contribution in [0, 0.1) is 0 Å². The molecule has 9 nitrogen and oxygen atoms in total. The van der Waals surface area contributed by atoms with Crippen LogP contribution in [0.15, 0.2) is 5.16 Å². The van der Waals surface area contributed by atoms with E-state index in [-0.39, 0.29) is 18.2 Å². The summed E-state index contributed by atoms with van der Waals surface area (Å²) in [6.07, 6.45) is 0.169. The molecule has 4 rings (SSSR count).